The Bertz CT molecular complexity index is 726. The van der Waals surface area contributed by atoms with Crippen LogP contribution in [0.25, 0.3) is 0 Å². The van der Waals surface area contributed by atoms with Crippen LogP contribution in [0.2, 0.25) is 0 Å². The predicted octanol–water partition coefficient (Wildman–Crippen LogP) is 3.05. The van der Waals surface area contributed by atoms with Crippen LogP contribution in [0.1, 0.15) is 46.5 Å². The van der Waals surface area contributed by atoms with Gasteiger partial charge in [0.2, 0.25) is 5.91 Å². The molecule has 1 unspecified atom stereocenters. The standard InChI is InChI=1S/C19H21NO3S/c21-16(17-8-4-12-24-17)9-10-18(22)20-13-19(23)11-3-6-14-5-1-2-7-15(14)19/h1-2,4-5,7-8,12,23H,3,6,9-11,13H2,(H,20,22). The highest BCUT2D eigenvalue weighted by atomic mass is 32.1. The Kier molecular flexibility index (Phi) is 5.11. The second-order valence-corrected chi connectivity index (χ2v) is 7.17. The molecule has 1 atom stereocenters. The number of carbonyl (C=O) groups excluding carboxylic acids is 2. The molecule has 0 bridgehead atoms. The van der Waals surface area contributed by atoms with Crippen molar-refractivity contribution in [1.29, 1.82) is 0 Å². The van der Waals surface area contributed by atoms with Crippen molar-refractivity contribution in [3.05, 3.63) is 57.8 Å². The van der Waals surface area contributed by atoms with Gasteiger partial charge in [0.25, 0.3) is 0 Å². The van der Waals surface area contributed by atoms with Crippen molar-refractivity contribution in [2.24, 2.45) is 0 Å². The van der Waals surface area contributed by atoms with Crippen LogP contribution in [0.15, 0.2) is 41.8 Å². The minimum atomic E-state index is -1.01. The van der Waals surface area contributed by atoms with Crippen LogP contribution in [0.3, 0.4) is 0 Å². The first-order valence-electron chi connectivity index (χ1n) is 8.23. The average molecular weight is 343 g/mol. The molecular weight excluding hydrogens is 322 g/mol. The second-order valence-electron chi connectivity index (χ2n) is 6.22. The fourth-order valence-electron chi connectivity index (χ4n) is 3.20. The maximum absolute atomic E-state index is 12.0. The van der Waals surface area contributed by atoms with Crippen LogP contribution in [0, 0.1) is 0 Å². The van der Waals surface area contributed by atoms with E-state index in [1.54, 1.807) is 6.07 Å². The molecule has 1 aliphatic rings. The van der Waals surface area contributed by atoms with Gasteiger partial charge < -0.3 is 10.4 Å². The molecule has 2 N–H and O–H groups in total. The minimum Gasteiger partial charge on any atom is -0.383 e. The molecule has 2 aromatic rings. The van der Waals surface area contributed by atoms with Gasteiger partial charge in [0.15, 0.2) is 5.78 Å². The van der Waals surface area contributed by atoms with Gasteiger partial charge in [-0.05, 0) is 41.8 Å². The highest BCUT2D eigenvalue weighted by Gasteiger charge is 2.34. The van der Waals surface area contributed by atoms with Gasteiger partial charge in [-0.15, -0.1) is 11.3 Å². The maximum Gasteiger partial charge on any atom is 0.220 e. The summed E-state index contributed by atoms with van der Waals surface area (Å²) in [6, 6.07) is 11.4. The average Bonchev–Trinajstić information content (AvgIpc) is 3.13. The predicted molar refractivity (Wildman–Crippen MR) is 94.2 cm³/mol. The van der Waals surface area contributed by atoms with Crippen molar-refractivity contribution in [1.82, 2.24) is 5.32 Å². The fraction of sp³-hybridized carbons (Fsp3) is 0.368. The van der Waals surface area contributed by atoms with E-state index in [1.807, 2.05) is 35.7 Å². The summed E-state index contributed by atoms with van der Waals surface area (Å²) >= 11 is 1.39. The number of hydrogen-bond donors (Lipinski definition) is 2. The lowest BCUT2D eigenvalue weighted by Gasteiger charge is -2.34. The zero-order valence-electron chi connectivity index (χ0n) is 13.5. The lowest BCUT2D eigenvalue weighted by Crippen LogP contribution is -2.43. The van der Waals surface area contributed by atoms with Crippen molar-refractivity contribution in [2.75, 3.05) is 6.54 Å². The lowest BCUT2D eigenvalue weighted by molar-refractivity contribution is -0.122. The molecule has 1 aliphatic carbocycles. The summed E-state index contributed by atoms with van der Waals surface area (Å²) in [4.78, 5) is 24.6. The van der Waals surface area contributed by atoms with Crippen LogP contribution < -0.4 is 5.32 Å². The van der Waals surface area contributed by atoms with E-state index in [1.165, 1.54) is 11.3 Å². The van der Waals surface area contributed by atoms with Crippen LogP contribution in [0.5, 0.6) is 0 Å². The Morgan fingerprint density at radius 3 is 2.79 bits per heavy atom. The number of ketones is 1. The second kappa shape index (κ2) is 7.28. The summed E-state index contributed by atoms with van der Waals surface area (Å²) in [5, 5.41) is 15.6. The van der Waals surface area contributed by atoms with Gasteiger partial charge in [0, 0.05) is 12.8 Å². The highest BCUT2D eigenvalue weighted by molar-refractivity contribution is 7.12. The Hall–Kier alpha value is -1.98. The number of aliphatic hydroxyl groups is 1. The van der Waals surface area contributed by atoms with E-state index in [2.05, 4.69) is 5.32 Å². The van der Waals surface area contributed by atoms with Crippen LogP contribution in [0.4, 0.5) is 0 Å². The summed E-state index contributed by atoms with van der Waals surface area (Å²) < 4.78 is 0. The zero-order valence-corrected chi connectivity index (χ0v) is 14.3. The van der Waals surface area contributed by atoms with Crippen LogP contribution >= 0.6 is 11.3 Å². The molecule has 5 heteroatoms. The number of thiophene rings is 1. The van der Waals surface area contributed by atoms with Crippen molar-refractivity contribution >= 4 is 23.0 Å². The van der Waals surface area contributed by atoms with Crippen molar-refractivity contribution in [2.45, 2.75) is 37.7 Å². The van der Waals surface area contributed by atoms with Gasteiger partial charge in [-0.2, -0.15) is 0 Å². The zero-order chi connectivity index (χ0) is 17.0. The minimum absolute atomic E-state index is 0.0122. The topological polar surface area (TPSA) is 66.4 Å². The monoisotopic (exact) mass is 343 g/mol. The Labute approximate surface area is 145 Å². The van der Waals surface area contributed by atoms with Crippen molar-refractivity contribution < 1.29 is 14.7 Å². The normalized spacial score (nSPS) is 19.5. The Balaban J connectivity index is 1.54. The molecule has 0 saturated heterocycles. The number of hydrogen-bond acceptors (Lipinski definition) is 4. The Morgan fingerprint density at radius 1 is 1.17 bits per heavy atom. The first kappa shape index (κ1) is 16.9. The molecule has 126 valence electrons. The third kappa shape index (κ3) is 3.74. The molecule has 0 radical (unpaired) electrons. The van der Waals surface area contributed by atoms with E-state index >= 15 is 0 Å². The van der Waals surface area contributed by atoms with E-state index in [9.17, 15) is 14.7 Å². The molecule has 1 amide bonds. The summed E-state index contributed by atoms with van der Waals surface area (Å²) in [7, 11) is 0. The summed E-state index contributed by atoms with van der Waals surface area (Å²) in [5.41, 5.74) is 1.04. The number of nitrogens with one attached hydrogen (secondary N) is 1. The van der Waals surface area contributed by atoms with Gasteiger partial charge in [0.05, 0.1) is 11.4 Å². The maximum atomic E-state index is 12.0. The highest BCUT2D eigenvalue weighted by Crippen LogP contribution is 2.34. The molecule has 0 aliphatic heterocycles. The quantitative estimate of drug-likeness (QED) is 0.792. The summed E-state index contributed by atoms with van der Waals surface area (Å²) in [6.45, 7) is 0.191. The van der Waals surface area contributed by atoms with Gasteiger partial charge in [-0.1, -0.05) is 30.3 Å². The molecule has 24 heavy (non-hydrogen) atoms. The van der Waals surface area contributed by atoms with Crippen molar-refractivity contribution in [3.8, 4) is 0 Å². The van der Waals surface area contributed by atoms with E-state index in [4.69, 9.17) is 0 Å². The molecule has 0 spiro atoms. The SMILES string of the molecule is O=C(CCC(=O)c1cccs1)NCC1(O)CCCc2ccccc21. The number of aryl methyl sites for hydroxylation is 1. The number of benzene rings is 1. The molecule has 4 nitrogen and oxygen atoms in total. The molecule has 1 aromatic heterocycles. The number of amides is 1. The molecular formula is C19H21NO3S. The van der Waals surface area contributed by atoms with E-state index in [0.717, 1.165) is 24.0 Å². The third-order valence-electron chi connectivity index (χ3n) is 4.51. The van der Waals surface area contributed by atoms with Gasteiger partial charge in [0.1, 0.15) is 5.60 Å². The van der Waals surface area contributed by atoms with Crippen LogP contribution in [-0.4, -0.2) is 23.3 Å². The molecule has 0 saturated carbocycles. The largest absolute Gasteiger partial charge is 0.383 e. The number of Topliss-reactive ketones (excluding diaryl/α,β-unsaturated/α-hetero) is 1. The summed E-state index contributed by atoms with van der Waals surface area (Å²) in [6.07, 6.45) is 2.84. The lowest BCUT2D eigenvalue weighted by atomic mass is 9.79. The summed E-state index contributed by atoms with van der Waals surface area (Å²) in [5.74, 6) is -0.210. The molecule has 3 rings (SSSR count). The molecule has 1 aromatic carbocycles. The fourth-order valence-corrected chi connectivity index (χ4v) is 3.90. The van der Waals surface area contributed by atoms with Gasteiger partial charge >= 0.3 is 0 Å². The number of carbonyl (C=O) groups is 2. The first-order chi connectivity index (χ1) is 11.6. The van der Waals surface area contributed by atoms with E-state index in [0.29, 0.717) is 11.3 Å². The van der Waals surface area contributed by atoms with E-state index in [-0.39, 0.29) is 31.1 Å². The smallest absolute Gasteiger partial charge is 0.220 e. The molecule has 0 fully saturated rings. The van der Waals surface area contributed by atoms with Gasteiger partial charge in [-0.3, -0.25) is 9.59 Å². The molecule has 1 heterocycles. The number of rotatable bonds is 6. The number of fused-ring (bicyclic) bond motifs is 1. The van der Waals surface area contributed by atoms with Gasteiger partial charge in [-0.25, -0.2) is 0 Å². The van der Waals surface area contributed by atoms with Crippen LogP contribution in [-0.2, 0) is 16.8 Å². The van der Waals surface area contributed by atoms with Crippen molar-refractivity contribution in [3.63, 3.8) is 0 Å². The first-order valence-corrected chi connectivity index (χ1v) is 9.11. The third-order valence-corrected chi connectivity index (χ3v) is 5.42. The Morgan fingerprint density at radius 2 is 2.00 bits per heavy atom. The van der Waals surface area contributed by atoms with E-state index < -0.39 is 5.60 Å².